The van der Waals surface area contributed by atoms with E-state index in [1.54, 1.807) is 18.2 Å². The molecule has 2 aromatic heterocycles. The van der Waals surface area contributed by atoms with Crippen molar-refractivity contribution in [1.29, 1.82) is 0 Å². The molecule has 3 aliphatic rings. The van der Waals surface area contributed by atoms with Crippen molar-refractivity contribution < 1.29 is 28.1 Å². The molecule has 3 aromatic rings. The van der Waals surface area contributed by atoms with E-state index in [4.69, 9.17) is 14.2 Å². The number of rotatable bonds is 4. The molecule has 0 spiro atoms. The Hall–Kier alpha value is -2.75. The molecule has 3 aliphatic heterocycles. The minimum atomic E-state index is -0.651. The van der Waals surface area contributed by atoms with Gasteiger partial charge in [0, 0.05) is 24.8 Å². The van der Waals surface area contributed by atoms with Gasteiger partial charge in [-0.2, -0.15) is 0 Å². The van der Waals surface area contributed by atoms with Gasteiger partial charge in [-0.3, -0.25) is 0 Å². The molecule has 6 rings (SSSR count). The molecule has 168 valence electrons. The second-order valence-corrected chi connectivity index (χ2v) is 8.56. The van der Waals surface area contributed by atoms with E-state index < -0.39 is 17.7 Å². The molecule has 32 heavy (non-hydrogen) atoms. The Morgan fingerprint density at radius 1 is 1.03 bits per heavy atom. The fraction of sp³-hybridized carbons (Fsp3) is 0.435. The lowest BCUT2D eigenvalue weighted by Gasteiger charge is -2.18. The molecule has 0 saturated carbocycles. The van der Waals surface area contributed by atoms with Crippen LogP contribution >= 0.6 is 0 Å². The molecule has 0 aliphatic carbocycles. The van der Waals surface area contributed by atoms with E-state index in [2.05, 4.69) is 9.97 Å². The maximum absolute atomic E-state index is 14.9. The van der Waals surface area contributed by atoms with Crippen LogP contribution in [0.3, 0.4) is 0 Å². The molecule has 0 radical (unpaired) electrons. The van der Waals surface area contributed by atoms with Gasteiger partial charge >= 0.3 is 0 Å². The van der Waals surface area contributed by atoms with Crippen molar-refractivity contribution in [2.24, 2.45) is 0 Å². The summed E-state index contributed by atoms with van der Waals surface area (Å²) < 4.78 is 46.9. The molecule has 4 atom stereocenters. The number of aromatic nitrogens is 2. The topological polar surface area (TPSA) is 79.8 Å². The van der Waals surface area contributed by atoms with Crippen molar-refractivity contribution in [2.75, 3.05) is 31.2 Å². The second kappa shape index (κ2) is 7.68. The Labute approximate surface area is 182 Å². The van der Waals surface area contributed by atoms with Gasteiger partial charge in [-0.15, -0.1) is 0 Å². The van der Waals surface area contributed by atoms with Crippen LogP contribution < -0.4 is 9.64 Å². The highest BCUT2D eigenvalue weighted by Crippen LogP contribution is 2.33. The predicted molar refractivity (Wildman–Crippen MR) is 113 cm³/mol. The number of fused-ring (bicyclic) bond motifs is 2. The van der Waals surface area contributed by atoms with Crippen LogP contribution in [0.5, 0.6) is 5.88 Å². The number of nitrogens with one attached hydrogen (secondary N) is 1. The number of pyridine rings is 1. The van der Waals surface area contributed by atoms with Crippen molar-refractivity contribution in [2.45, 2.75) is 37.3 Å². The summed E-state index contributed by atoms with van der Waals surface area (Å²) >= 11 is 0. The quantitative estimate of drug-likeness (QED) is 0.646. The number of halogens is 2. The fourth-order valence-electron chi connectivity index (χ4n) is 4.86. The van der Waals surface area contributed by atoms with Crippen molar-refractivity contribution in [1.82, 2.24) is 9.97 Å². The summed E-state index contributed by atoms with van der Waals surface area (Å²) in [5, 5.41) is 9.87. The van der Waals surface area contributed by atoms with Crippen LogP contribution in [0.2, 0.25) is 0 Å². The van der Waals surface area contributed by atoms with Gasteiger partial charge in [0.05, 0.1) is 35.5 Å². The molecule has 1 aromatic carbocycles. The van der Waals surface area contributed by atoms with Gasteiger partial charge in [-0.1, -0.05) is 0 Å². The van der Waals surface area contributed by atoms with E-state index >= 15 is 0 Å². The molecule has 5 heterocycles. The summed E-state index contributed by atoms with van der Waals surface area (Å²) in [4.78, 5) is 9.57. The minimum absolute atomic E-state index is 0.140. The Morgan fingerprint density at radius 3 is 2.56 bits per heavy atom. The molecule has 3 saturated heterocycles. The number of aromatic amines is 1. The van der Waals surface area contributed by atoms with Gasteiger partial charge in [-0.25, -0.2) is 13.8 Å². The van der Waals surface area contributed by atoms with E-state index in [1.807, 2.05) is 4.90 Å². The minimum Gasteiger partial charge on any atom is -0.470 e. The average Bonchev–Trinajstić information content (AvgIpc) is 3.54. The predicted octanol–water partition coefficient (Wildman–Crippen LogP) is 3.01. The maximum Gasteiger partial charge on any atom is 0.193 e. The number of aliphatic hydroxyl groups is 1. The lowest BCUT2D eigenvalue weighted by molar-refractivity contribution is 0.00794. The van der Waals surface area contributed by atoms with Gasteiger partial charge in [0.2, 0.25) is 0 Å². The first-order chi connectivity index (χ1) is 15.6. The highest BCUT2D eigenvalue weighted by atomic mass is 19.1. The first-order valence-electron chi connectivity index (χ1n) is 10.9. The second-order valence-electron chi connectivity index (χ2n) is 8.56. The first kappa shape index (κ1) is 19.9. The summed E-state index contributed by atoms with van der Waals surface area (Å²) in [6, 6.07) is 7.76. The van der Waals surface area contributed by atoms with Crippen LogP contribution in [-0.4, -0.2) is 65.8 Å². The molecular weight excluding hydrogens is 420 g/mol. The van der Waals surface area contributed by atoms with Crippen LogP contribution in [0.4, 0.5) is 14.5 Å². The van der Waals surface area contributed by atoms with E-state index in [0.29, 0.717) is 29.2 Å². The highest BCUT2D eigenvalue weighted by Gasteiger charge is 2.48. The Balaban J connectivity index is 1.27. The molecule has 3 fully saturated rings. The average molecular weight is 443 g/mol. The third-order valence-electron chi connectivity index (χ3n) is 6.46. The zero-order chi connectivity index (χ0) is 21.8. The number of ether oxygens (including phenoxy) is 3. The monoisotopic (exact) mass is 443 g/mol. The van der Waals surface area contributed by atoms with Crippen molar-refractivity contribution >= 4 is 16.7 Å². The van der Waals surface area contributed by atoms with Crippen molar-refractivity contribution in [3.8, 4) is 17.1 Å². The Kier molecular flexibility index (Phi) is 4.78. The summed E-state index contributed by atoms with van der Waals surface area (Å²) in [5.74, 6) is -0.803. The molecular formula is C23H23F2N3O4. The number of hydrogen-bond donors (Lipinski definition) is 2. The van der Waals surface area contributed by atoms with Gasteiger partial charge in [0.25, 0.3) is 0 Å². The van der Waals surface area contributed by atoms with Crippen LogP contribution in [0, 0.1) is 11.6 Å². The number of benzene rings is 1. The normalized spacial score (nSPS) is 27.4. The summed E-state index contributed by atoms with van der Waals surface area (Å²) in [6.07, 6.45) is 0.324. The molecule has 1 unspecified atom stereocenters. The van der Waals surface area contributed by atoms with Crippen LogP contribution in [0.1, 0.15) is 12.8 Å². The number of aliphatic hydroxyl groups excluding tert-OH is 1. The third-order valence-corrected chi connectivity index (χ3v) is 6.46. The number of H-pyrrole nitrogens is 1. The molecule has 7 nitrogen and oxygen atoms in total. The van der Waals surface area contributed by atoms with Gasteiger partial charge in [0.1, 0.15) is 29.9 Å². The maximum atomic E-state index is 14.9. The summed E-state index contributed by atoms with van der Waals surface area (Å²) in [5.41, 5.74) is 1.86. The standard InChI is InChI=1S/C23H23F2N3O4/c24-13-7-12(28-5-1-2-6-28)8-14(25)21(13)16-4-3-15-17(26-16)9-20(27-15)32-19-11-31-22-18(29)10-30-23(19)22/h3-4,7-9,18-19,22-23,27,29H,1-2,5-6,10-11H2/t18-,19-,22?,23-/m1/s1. The Bertz CT molecular complexity index is 1140. The molecule has 0 bridgehead atoms. The fourth-order valence-corrected chi connectivity index (χ4v) is 4.86. The molecule has 9 heteroatoms. The number of anilines is 1. The first-order valence-corrected chi connectivity index (χ1v) is 10.9. The Morgan fingerprint density at radius 2 is 1.78 bits per heavy atom. The lowest BCUT2D eigenvalue weighted by atomic mass is 10.1. The van der Waals surface area contributed by atoms with E-state index in [9.17, 15) is 13.9 Å². The lowest BCUT2D eigenvalue weighted by Crippen LogP contribution is -2.34. The van der Waals surface area contributed by atoms with Crippen LogP contribution in [0.25, 0.3) is 22.3 Å². The van der Waals surface area contributed by atoms with Crippen molar-refractivity contribution in [3.63, 3.8) is 0 Å². The van der Waals surface area contributed by atoms with Crippen molar-refractivity contribution in [3.05, 3.63) is 42.0 Å². The van der Waals surface area contributed by atoms with E-state index in [0.717, 1.165) is 25.9 Å². The largest absolute Gasteiger partial charge is 0.470 e. The highest BCUT2D eigenvalue weighted by molar-refractivity contribution is 5.81. The molecule has 0 amide bonds. The molecule has 2 N–H and O–H groups in total. The number of hydrogen-bond acceptors (Lipinski definition) is 6. The number of nitrogens with zero attached hydrogens (tertiary/aromatic N) is 2. The third kappa shape index (κ3) is 3.32. The zero-order valence-corrected chi connectivity index (χ0v) is 17.3. The van der Waals surface area contributed by atoms with Crippen LogP contribution in [-0.2, 0) is 9.47 Å². The van der Waals surface area contributed by atoms with E-state index in [1.165, 1.54) is 12.1 Å². The SMILES string of the molecule is O[C@@H]1CO[C@H]2C1OC[C@H]2Oc1cc2nc(-c3c(F)cc(N4CCCC4)cc3F)ccc2[nH]1. The summed E-state index contributed by atoms with van der Waals surface area (Å²) in [6.45, 7) is 2.15. The van der Waals surface area contributed by atoms with Gasteiger partial charge in [-0.05, 0) is 37.1 Å². The van der Waals surface area contributed by atoms with E-state index in [-0.39, 0.29) is 36.2 Å². The summed E-state index contributed by atoms with van der Waals surface area (Å²) in [7, 11) is 0. The van der Waals surface area contributed by atoms with Crippen LogP contribution in [0.15, 0.2) is 30.3 Å². The smallest absolute Gasteiger partial charge is 0.193 e. The van der Waals surface area contributed by atoms with Gasteiger partial charge in [0.15, 0.2) is 12.0 Å². The zero-order valence-electron chi connectivity index (χ0n) is 17.3. The van der Waals surface area contributed by atoms with Gasteiger partial charge < -0.3 is 29.2 Å².